The van der Waals surface area contributed by atoms with Gasteiger partial charge in [-0.2, -0.15) is 0 Å². The lowest BCUT2D eigenvalue weighted by Crippen LogP contribution is -2.25. The van der Waals surface area contributed by atoms with Crippen LogP contribution in [0.3, 0.4) is 0 Å². The molecule has 0 aliphatic heterocycles. The van der Waals surface area contributed by atoms with Crippen molar-refractivity contribution in [1.29, 1.82) is 0 Å². The molecule has 1 fully saturated rings. The SMILES string of the molecule is NS(=O)(=O)c1cccc(CNCC2CC3C=CC2C3)c1. The van der Waals surface area contributed by atoms with Crippen molar-refractivity contribution >= 4 is 10.0 Å². The molecule has 2 aliphatic rings. The summed E-state index contributed by atoms with van der Waals surface area (Å²) in [5.41, 5.74) is 0.954. The van der Waals surface area contributed by atoms with E-state index in [0.717, 1.165) is 29.9 Å². The Bertz CT molecular complexity index is 625. The third kappa shape index (κ3) is 2.95. The summed E-state index contributed by atoms with van der Waals surface area (Å²) in [5, 5.41) is 8.58. The summed E-state index contributed by atoms with van der Waals surface area (Å²) in [6.07, 6.45) is 7.29. The molecule has 20 heavy (non-hydrogen) atoms. The summed E-state index contributed by atoms with van der Waals surface area (Å²) in [6, 6.07) is 6.82. The highest BCUT2D eigenvalue weighted by molar-refractivity contribution is 7.89. The van der Waals surface area contributed by atoms with Crippen molar-refractivity contribution in [2.24, 2.45) is 22.9 Å². The first-order valence-corrected chi connectivity index (χ1v) is 8.58. The van der Waals surface area contributed by atoms with E-state index in [4.69, 9.17) is 5.14 Å². The number of primary sulfonamides is 1. The smallest absolute Gasteiger partial charge is 0.238 e. The highest BCUT2D eigenvalue weighted by atomic mass is 32.2. The number of nitrogens with one attached hydrogen (secondary N) is 1. The Morgan fingerprint density at radius 1 is 1.25 bits per heavy atom. The topological polar surface area (TPSA) is 72.2 Å². The third-order valence-electron chi connectivity index (χ3n) is 4.38. The molecule has 1 aromatic carbocycles. The van der Waals surface area contributed by atoms with Crippen LogP contribution in [0.15, 0.2) is 41.3 Å². The lowest BCUT2D eigenvalue weighted by Gasteiger charge is -2.18. The Morgan fingerprint density at radius 3 is 2.75 bits per heavy atom. The molecule has 5 heteroatoms. The maximum absolute atomic E-state index is 11.3. The molecule has 1 saturated carbocycles. The number of hydrogen-bond acceptors (Lipinski definition) is 3. The highest BCUT2D eigenvalue weighted by Gasteiger charge is 2.34. The van der Waals surface area contributed by atoms with Gasteiger partial charge in [0, 0.05) is 6.54 Å². The number of benzene rings is 1. The maximum Gasteiger partial charge on any atom is 0.238 e. The number of rotatable bonds is 5. The predicted octanol–water partition coefficient (Wildman–Crippen LogP) is 1.64. The van der Waals surface area contributed by atoms with E-state index in [2.05, 4.69) is 17.5 Å². The van der Waals surface area contributed by atoms with Crippen molar-refractivity contribution in [3.63, 3.8) is 0 Å². The van der Waals surface area contributed by atoms with Gasteiger partial charge in [-0.25, -0.2) is 13.6 Å². The van der Waals surface area contributed by atoms with Gasteiger partial charge in [-0.15, -0.1) is 0 Å². The fraction of sp³-hybridized carbons (Fsp3) is 0.467. The largest absolute Gasteiger partial charge is 0.312 e. The van der Waals surface area contributed by atoms with E-state index in [9.17, 15) is 8.42 Å². The number of nitrogens with two attached hydrogens (primary N) is 1. The summed E-state index contributed by atoms with van der Waals surface area (Å²) in [5.74, 6) is 2.26. The second-order valence-electron chi connectivity index (χ2n) is 5.86. The normalized spacial score (nSPS) is 28.1. The number of hydrogen-bond donors (Lipinski definition) is 2. The first-order valence-electron chi connectivity index (χ1n) is 7.03. The number of fused-ring (bicyclic) bond motifs is 2. The third-order valence-corrected chi connectivity index (χ3v) is 5.29. The van der Waals surface area contributed by atoms with Gasteiger partial charge in [0.15, 0.2) is 0 Å². The van der Waals surface area contributed by atoms with Crippen molar-refractivity contribution in [3.05, 3.63) is 42.0 Å². The molecule has 0 heterocycles. The van der Waals surface area contributed by atoms with Crippen LogP contribution in [0.5, 0.6) is 0 Å². The minimum absolute atomic E-state index is 0.180. The minimum Gasteiger partial charge on any atom is -0.312 e. The summed E-state index contributed by atoms with van der Waals surface area (Å²) >= 11 is 0. The highest BCUT2D eigenvalue weighted by Crippen LogP contribution is 2.42. The van der Waals surface area contributed by atoms with Crippen LogP contribution >= 0.6 is 0 Å². The average molecular weight is 292 g/mol. The molecule has 0 aromatic heterocycles. The lowest BCUT2D eigenvalue weighted by molar-refractivity contribution is 0.414. The van der Waals surface area contributed by atoms with Crippen molar-refractivity contribution < 1.29 is 8.42 Å². The Labute approximate surface area is 120 Å². The van der Waals surface area contributed by atoms with E-state index in [1.54, 1.807) is 12.1 Å². The summed E-state index contributed by atoms with van der Waals surface area (Å²) < 4.78 is 22.6. The minimum atomic E-state index is -3.61. The molecule has 0 spiro atoms. The van der Waals surface area contributed by atoms with Crippen molar-refractivity contribution in [1.82, 2.24) is 5.32 Å². The molecular formula is C15H20N2O2S. The van der Waals surface area contributed by atoms with Gasteiger partial charge in [0.05, 0.1) is 4.90 Å². The van der Waals surface area contributed by atoms with E-state index in [-0.39, 0.29) is 4.90 Å². The van der Waals surface area contributed by atoms with Crippen LogP contribution in [-0.2, 0) is 16.6 Å². The summed E-state index contributed by atoms with van der Waals surface area (Å²) in [4.78, 5) is 0.180. The van der Waals surface area contributed by atoms with Crippen LogP contribution < -0.4 is 10.5 Å². The van der Waals surface area contributed by atoms with Crippen molar-refractivity contribution in [2.75, 3.05) is 6.54 Å². The molecular weight excluding hydrogens is 272 g/mol. The van der Waals surface area contributed by atoms with Gasteiger partial charge in [-0.05, 0) is 54.8 Å². The van der Waals surface area contributed by atoms with Crippen LogP contribution in [0.1, 0.15) is 18.4 Å². The van der Waals surface area contributed by atoms with Crippen LogP contribution in [0.25, 0.3) is 0 Å². The molecule has 3 N–H and O–H groups in total. The second kappa shape index (κ2) is 5.31. The molecule has 0 amide bonds. The fourth-order valence-electron chi connectivity index (χ4n) is 3.36. The Morgan fingerprint density at radius 2 is 2.10 bits per heavy atom. The standard InChI is InChI=1S/C15H20N2O2S/c16-20(18,19)15-3-1-2-12(8-15)9-17-10-14-7-11-4-5-13(14)6-11/h1-5,8,11,13-14,17H,6-7,9-10H2,(H2,16,18,19). The van der Waals surface area contributed by atoms with Gasteiger partial charge in [-0.1, -0.05) is 24.3 Å². The zero-order chi connectivity index (χ0) is 14.2. The fourth-order valence-corrected chi connectivity index (χ4v) is 3.95. The van der Waals surface area contributed by atoms with Gasteiger partial charge in [-0.3, -0.25) is 0 Å². The molecule has 2 aliphatic carbocycles. The van der Waals surface area contributed by atoms with Crippen LogP contribution in [0.2, 0.25) is 0 Å². The Balaban J connectivity index is 1.55. The molecule has 0 saturated heterocycles. The van der Waals surface area contributed by atoms with Crippen molar-refractivity contribution in [2.45, 2.75) is 24.3 Å². The Kier molecular flexibility index (Phi) is 3.67. The second-order valence-corrected chi connectivity index (χ2v) is 7.43. The molecule has 3 rings (SSSR count). The monoisotopic (exact) mass is 292 g/mol. The van der Waals surface area contributed by atoms with Crippen molar-refractivity contribution in [3.8, 4) is 0 Å². The Hall–Kier alpha value is -1.17. The molecule has 108 valence electrons. The molecule has 1 aromatic rings. The predicted molar refractivity (Wildman–Crippen MR) is 78.4 cm³/mol. The van der Waals surface area contributed by atoms with Crippen LogP contribution in [0, 0.1) is 17.8 Å². The zero-order valence-corrected chi connectivity index (χ0v) is 12.1. The van der Waals surface area contributed by atoms with Gasteiger partial charge in [0.1, 0.15) is 0 Å². The average Bonchev–Trinajstić information content (AvgIpc) is 3.00. The number of allylic oxidation sites excluding steroid dienone is 2. The van der Waals surface area contributed by atoms with Crippen LogP contribution in [0.4, 0.5) is 0 Å². The zero-order valence-electron chi connectivity index (χ0n) is 11.3. The van der Waals surface area contributed by atoms with E-state index < -0.39 is 10.0 Å². The van der Waals surface area contributed by atoms with Gasteiger partial charge in [0.25, 0.3) is 0 Å². The van der Waals surface area contributed by atoms with E-state index in [1.165, 1.54) is 18.9 Å². The first-order chi connectivity index (χ1) is 9.52. The van der Waals surface area contributed by atoms with E-state index in [0.29, 0.717) is 6.54 Å². The molecule has 3 unspecified atom stereocenters. The quantitative estimate of drug-likeness (QED) is 0.810. The van der Waals surface area contributed by atoms with Crippen LogP contribution in [-0.4, -0.2) is 15.0 Å². The van der Waals surface area contributed by atoms with Gasteiger partial charge >= 0.3 is 0 Å². The summed E-state index contributed by atoms with van der Waals surface area (Å²) in [7, 11) is -3.61. The first kappa shape index (κ1) is 13.8. The van der Waals surface area contributed by atoms with E-state index in [1.807, 2.05) is 6.07 Å². The van der Waals surface area contributed by atoms with Gasteiger partial charge < -0.3 is 5.32 Å². The molecule has 0 radical (unpaired) electrons. The maximum atomic E-state index is 11.3. The molecule has 4 nitrogen and oxygen atoms in total. The molecule has 3 atom stereocenters. The number of sulfonamides is 1. The summed E-state index contributed by atoms with van der Waals surface area (Å²) in [6.45, 7) is 1.67. The van der Waals surface area contributed by atoms with E-state index >= 15 is 0 Å². The lowest BCUT2D eigenvalue weighted by atomic mass is 9.93. The molecule has 2 bridgehead atoms. The van der Waals surface area contributed by atoms with Gasteiger partial charge in [0.2, 0.25) is 10.0 Å².